The van der Waals surface area contributed by atoms with Crippen LogP contribution >= 0.6 is 34.5 Å². The van der Waals surface area contributed by atoms with Gasteiger partial charge in [0.05, 0.1) is 9.92 Å². The molecule has 33 heavy (non-hydrogen) atoms. The van der Waals surface area contributed by atoms with Gasteiger partial charge >= 0.3 is 0 Å². The van der Waals surface area contributed by atoms with Crippen molar-refractivity contribution in [1.82, 2.24) is 14.8 Å². The minimum Gasteiger partial charge on any atom is -0.470 e. The van der Waals surface area contributed by atoms with Gasteiger partial charge in [-0.15, -0.1) is 11.3 Å². The van der Waals surface area contributed by atoms with E-state index in [4.69, 9.17) is 27.9 Å². The molecule has 0 unspecified atom stereocenters. The van der Waals surface area contributed by atoms with Gasteiger partial charge < -0.3 is 10.1 Å². The fraction of sp³-hybridized carbons (Fsp3) is 0.0500. The van der Waals surface area contributed by atoms with Crippen molar-refractivity contribution in [2.45, 2.75) is 11.6 Å². The molecule has 9 nitrogen and oxygen atoms in total. The Hall–Kier alpha value is -3.12. The number of carbonyl (C=O) groups is 1. The lowest BCUT2D eigenvalue weighted by Crippen LogP contribution is -2.15. The molecule has 2 aromatic carbocycles. The summed E-state index contributed by atoms with van der Waals surface area (Å²) in [4.78, 5) is 16.4. The highest BCUT2D eigenvalue weighted by atomic mass is 35.5. The van der Waals surface area contributed by atoms with Crippen LogP contribution in [0, 0.1) is 0 Å². The first kappa shape index (κ1) is 23.1. The summed E-state index contributed by atoms with van der Waals surface area (Å²) in [6.07, 6.45) is 3.08. The van der Waals surface area contributed by atoms with E-state index in [2.05, 4.69) is 20.1 Å². The molecule has 0 aliphatic carbocycles. The highest BCUT2D eigenvalue weighted by molar-refractivity contribution is 7.93. The van der Waals surface area contributed by atoms with Crippen LogP contribution in [0.2, 0.25) is 10.0 Å². The molecule has 0 radical (unpaired) electrons. The minimum absolute atomic E-state index is 0.0198. The maximum Gasteiger partial charge on any atom is 0.276 e. The summed E-state index contributed by atoms with van der Waals surface area (Å²) >= 11 is 13.2. The molecular weight excluding hydrogens is 509 g/mol. The predicted molar refractivity (Wildman–Crippen MR) is 127 cm³/mol. The first-order valence-electron chi connectivity index (χ1n) is 9.26. The number of hydrogen-bond acceptors (Lipinski definition) is 7. The first-order chi connectivity index (χ1) is 15.8. The van der Waals surface area contributed by atoms with Crippen molar-refractivity contribution in [3.8, 4) is 5.75 Å². The van der Waals surface area contributed by atoms with Crippen LogP contribution in [-0.4, -0.2) is 29.1 Å². The van der Waals surface area contributed by atoms with Crippen molar-refractivity contribution in [2.24, 2.45) is 0 Å². The second kappa shape index (κ2) is 9.79. The average molecular weight is 524 g/mol. The zero-order valence-corrected chi connectivity index (χ0v) is 19.7. The van der Waals surface area contributed by atoms with Crippen molar-refractivity contribution in [1.29, 1.82) is 0 Å². The van der Waals surface area contributed by atoms with Crippen LogP contribution in [0.3, 0.4) is 0 Å². The van der Waals surface area contributed by atoms with Gasteiger partial charge in [0.2, 0.25) is 0 Å². The van der Waals surface area contributed by atoms with Gasteiger partial charge in [0.25, 0.3) is 15.9 Å². The third kappa shape index (κ3) is 5.63. The number of hydrogen-bond donors (Lipinski definition) is 2. The number of nitrogens with one attached hydrogen (secondary N) is 2. The number of amides is 1. The molecule has 2 N–H and O–H groups in total. The molecule has 0 spiro atoms. The van der Waals surface area contributed by atoms with Crippen LogP contribution in [0.25, 0.3) is 0 Å². The van der Waals surface area contributed by atoms with E-state index in [1.54, 1.807) is 29.8 Å². The van der Waals surface area contributed by atoms with E-state index < -0.39 is 15.9 Å². The number of sulfonamides is 1. The summed E-state index contributed by atoms with van der Waals surface area (Å²) < 4.78 is 34.2. The standard InChI is InChI=1S/C20H15Cl2N5O4S2/c21-15-2-1-3-17(18(15)22)31-12-27-10-8-16(25-27)19(28)24-13-4-6-14(7-5-13)33(29,30)26-20-23-9-11-32-20/h1-11H,12H2,(H,23,26)(H,24,28). The fourth-order valence-corrected chi connectivity index (χ4v) is 4.78. The van der Waals surface area contributed by atoms with Gasteiger partial charge in [0, 0.05) is 23.5 Å². The van der Waals surface area contributed by atoms with Gasteiger partial charge in [-0.1, -0.05) is 29.3 Å². The molecule has 0 saturated heterocycles. The van der Waals surface area contributed by atoms with Crippen LogP contribution in [0.4, 0.5) is 10.8 Å². The number of carbonyl (C=O) groups excluding carboxylic acids is 1. The number of ether oxygens (including phenoxy) is 1. The maximum atomic E-state index is 12.5. The number of anilines is 2. The Labute approximate surface area is 203 Å². The molecule has 2 aromatic heterocycles. The predicted octanol–water partition coefficient (Wildman–Crippen LogP) is 4.74. The highest BCUT2D eigenvalue weighted by Crippen LogP contribution is 2.31. The molecule has 0 aliphatic heterocycles. The lowest BCUT2D eigenvalue weighted by atomic mass is 10.3. The lowest BCUT2D eigenvalue weighted by Gasteiger charge is -2.09. The molecule has 0 fully saturated rings. The molecule has 0 atom stereocenters. The number of benzene rings is 2. The summed E-state index contributed by atoms with van der Waals surface area (Å²) in [6.45, 7) is 0.0198. The van der Waals surface area contributed by atoms with Crippen LogP contribution in [-0.2, 0) is 16.8 Å². The molecule has 0 saturated carbocycles. The van der Waals surface area contributed by atoms with Gasteiger partial charge in [0.1, 0.15) is 10.8 Å². The summed E-state index contributed by atoms with van der Waals surface area (Å²) in [5.74, 6) is -0.0730. The second-order valence-corrected chi connectivity index (χ2v) is 9.85. The number of rotatable bonds is 8. The van der Waals surface area contributed by atoms with Crippen LogP contribution < -0.4 is 14.8 Å². The Morgan fingerprint density at radius 1 is 1.12 bits per heavy atom. The molecule has 2 heterocycles. The fourth-order valence-electron chi connectivity index (χ4n) is 2.65. The van der Waals surface area contributed by atoms with Crippen molar-refractivity contribution in [3.05, 3.63) is 82.0 Å². The van der Waals surface area contributed by atoms with E-state index in [-0.39, 0.29) is 27.5 Å². The molecule has 170 valence electrons. The number of halogens is 2. The Balaban J connectivity index is 1.36. The Morgan fingerprint density at radius 2 is 1.91 bits per heavy atom. The van der Waals surface area contributed by atoms with E-state index in [1.807, 2.05) is 0 Å². The largest absolute Gasteiger partial charge is 0.470 e. The summed E-state index contributed by atoms with van der Waals surface area (Å²) in [6, 6.07) is 12.3. The van der Waals surface area contributed by atoms with E-state index in [9.17, 15) is 13.2 Å². The van der Waals surface area contributed by atoms with Crippen molar-refractivity contribution in [2.75, 3.05) is 10.0 Å². The van der Waals surface area contributed by atoms with Crippen molar-refractivity contribution < 1.29 is 17.9 Å². The molecule has 0 aliphatic rings. The van der Waals surface area contributed by atoms with Crippen LogP contribution in [0.1, 0.15) is 10.5 Å². The average Bonchev–Trinajstić information content (AvgIpc) is 3.47. The topological polar surface area (TPSA) is 115 Å². The van der Waals surface area contributed by atoms with E-state index >= 15 is 0 Å². The molecule has 1 amide bonds. The zero-order valence-electron chi connectivity index (χ0n) is 16.6. The molecule has 4 rings (SSSR count). The number of thiazole rings is 1. The van der Waals surface area contributed by atoms with Gasteiger partial charge in [-0.05, 0) is 42.5 Å². The quantitative estimate of drug-likeness (QED) is 0.344. The van der Waals surface area contributed by atoms with Crippen molar-refractivity contribution in [3.63, 3.8) is 0 Å². The van der Waals surface area contributed by atoms with Crippen LogP contribution in [0.5, 0.6) is 5.75 Å². The monoisotopic (exact) mass is 523 g/mol. The third-order valence-corrected chi connectivity index (χ3v) is 7.19. The van der Waals surface area contributed by atoms with E-state index in [0.29, 0.717) is 16.5 Å². The van der Waals surface area contributed by atoms with Crippen LogP contribution in [0.15, 0.2) is 71.2 Å². The number of nitrogens with zero attached hydrogens (tertiary/aromatic N) is 3. The zero-order chi connectivity index (χ0) is 23.4. The van der Waals surface area contributed by atoms with E-state index in [0.717, 1.165) is 0 Å². The third-order valence-electron chi connectivity index (χ3n) is 4.22. The molecule has 4 aromatic rings. The summed E-state index contributed by atoms with van der Waals surface area (Å²) in [5, 5.41) is 9.42. The van der Waals surface area contributed by atoms with Gasteiger partial charge in [-0.25, -0.2) is 18.1 Å². The van der Waals surface area contributed by atoms with Gasteiger partial charge in [-0.3, -0.25) is 9.52 Å². The SMILES string of the molecule is O=C(Nc1ccc(S(=O)(=O)Nc2nccs2)cc1)c1ccn(COc2cccc(Cl)c2Cl)n1. The Bertz CT molecular complexity index is 1370. The second-order valence-electron chi connectivity index (χ2n) is 6.49. The van der Waals surface area contributed by atoms with Crippen molar-refractivity contribution >= 4 is 61.3 Å². The Kier molecular flexibility index (Phi) is 6.84. The lowest BCUT2D eigenvalue weighted by molar-refractivity contribution is 0.102. The minimum atomic E-state index is -3.77. The van der Waals surface area contributed by atoms with E-state index in [1.165, 1.54) is 52.5 Å². The smallest absolute Gasteiger partial charge is 0.276 e. The molecule has 0 bridgehead atoms. The Morgan fingerprint density at radius 3 is 2.64 bits per heavy atom. The van der Waals surface area contributed by atoms with Gasteiger partial charge in [-0.2, -0.15) is 5.10 Å². The van der Waals surface area contributed by atoms with Gasteiger partial charge in [0.15, 0.2) is 17.6 Å². The maximum absolute atomic E-state index is 12.5. The summed E-state index contributed by atoms with van der Waals surface area (Å²) in [7, 11) is -3.77. The molecular formula is C20H15Cl2N5O4S2. The first-order valence-corrected chi connectivity index (χ1v) is 12.4. The normalized spacial score (nSPS) is 11.2. The molecule has 13 heteroatoms. The number of aromatic nitrogens is 3. The summed E-state index contributed by atoms with van der Waals surface area (Å²) in [5.41, 5.74) is 0.558. The highest BCUT2D eigenvalue weighted by Gasteiger charge is 2.16.